The molecule has 1 aromatic carbocycles. The van der Waals surface area contributed by atoms with Crippen LogP contribution in [0.25, 0.3) is 0 Å². The number of nitrogens with two attached hydrogens (primary N) is 1. The molecule has 1 aromatic rings. The van der Waals surface area contributed by atoms with Crippen LogP contribution in [0.4, 0.5) is 5.69 Å². The minimum absolute atomic E-state index is 0.0441. The van der Waals surface area contributed by atoms with Gasteiger partial charge in [0.25, 0.3) is 0 Å². The number of nitrogens with zero attached hydrogens (tertiary/aromatic N) is 1. The third-order valence-electron chi connectivity index (χ3n) is 1.76. The van der Waals surface area contributed by atoms with E-state index in [1.807, 2.05) is 24.3 Å². The van der Waals surface area contributed by atoms with Crippen LogP contribution in [-0.2, 0) is 4.79 Å². The van der Waals surface area contributed by atoms with Gasteiger partial charge in [-0.25, -0.2) is 0 Å². The topological polar surface area (TPSA) is 46.3 Å². The summed E-state index contributed by atoms with van der Waals surface area (Å²) in [5.74, 6) is -0.0822. The number of anilines is 1. The summed E-state index contributed by atoms with van der Waals surface area (Å²) in [6.45, 7) is 0.0441. The molecule has 4 heteroatoms. The lowest BCUT2D eigenvalue weighted by molar-refractivity contribution is -0.117. The number of halogens is 1. The van der Waals surface area contributed by atoms with Gasteiger partial charge in [0.15, 0.2) is 0 Å². The Hall–Kier alpha value is -0.620. The van der Waals surface area contributed by atoms with Crippen LogP contribution in [0.2, 0.25) is 0 Å². The van der Waals surface area contributed by atoms with E-state index < -0.39 is 0 Å². The molecule has 70 valence electrons. The smallest absolute Gasteiger partial charge is 0.240 e. The second kappa shape index (κ2) is 4.57. The molecular formula is C9H11IN2O. The zero-order chi connectivity index (χ0) is 9.84. The van der Waals surface area contributed by atoms with E-state index in [0.29, 0.717) is 0 Å². The molecule has 0 fully saturated rings. The van der Waals surface area contributed by atoms with Gasteiger partial charge in [-0.3, -0.25) is 4.79 Å². The van der Waals surface area contributed by atoms with E-state index >= 15 is 0 Å². The minimum atomic E-state index is -0.0822. The second-order valence-electron chi connectivity index (χ2n) is 2.63. The zero-order valence-corrected chi connectivity index (χ0v) is 9.48. The number of hydrogen-bond donors (Lipinski definition) is 1. The zero-order valence-electron chi connectivity index (χ0n) is 7.33. The molecule has 0 spiro atoms. The lowest BCUT2D eigenvalue weighted by Crippen LogP contribution is -2.32. The van der Waals surface area contributed by atoms with Gasteiger partial charge in [0.05, 0.1) is 6.54 Å². The largest absolute Gasteiger partial charge is 0.322 e. The third-order valence-corrected chi connectivity index (χ3v) is 2.48. The first-order valence-electron chi connectivity index (χ1n) is 3.87. The van der Waals surface area contributed by atoms with Crippen molar-refractivity contribution in [3.05, 3.63) is 27.8 Å². The maximum Gasteiger partial charge on any atom is 0.240 e. The van der Waals surface area contributed by atoms with Gasteiger partial charge in [-0.1, -0.05) is 0 Å². The summed E-state index contributed by atoms with van der Waals surface area (Å²) < 4.78 is 1.15. The van der Waals surface area contributed by atoms with Crippen molar-refractivity contribution < 1.29 is 4.79 Å². The van der Waals surface area contributed by atoms with Crippen molar-refractivity contribution in [3.8, 4) is 0 Å². The Labute approximate surface area is 91.0 Å². The molecule has 13 heavy (non-hydrogen) atoms. The van der Waals surface area contributed by atoms with E-state index in [4.69, 9.17) is 5.73 Å². The number of carbonyl (C=O) groups is 1. The van der Waals surface area contributed by atoms with Crippen LogP contribution in [0.15, 0.2) is 24.3 Å². The van der Waals surface area contributed by atoms with Gasteiger partial charge in [-0.2, -0.15) is 0 Å². The SMILES string of the molecule is CN(C(=O)CN)c1ccc(I)cc1. The molecule has 0 aliphatic carbocycles. The number of rotatable bonds is 2. The van der Waals surface area contributed by atoms with Crippen molar-refractivity contribution in [1.29, 1.82) is 0 Å². The highest BCUT2D eigenvalue weighted by atomic mass is 127. The Morgan fingerprint density at radius 2 is 2.00 bits per heavy atom. The minimum Gasteiger partial charge on any atom is -0.322 e. The highest BCUT2D eigenvalue weighted by Gasteiger charge is 2.07. The van der Waals surface area contributed by atoms with Crippen LogP contribution in [0, 0.1) is 3.57 Å². The predicted molar refractivity (Wildman–Crippen MR) is 61.6 cm³/mol. The van der Waals surface area contributed by atoms with Gasteiger partial charge < -0.3 is 10.6 Å². The molecule has 0 radical (unpaired) electrons. The Kier molecular flexibility index (Phi) is 3.68. The highest BCUT2D eigenvalue weighted by molar-refractivity contribution is 14.1. The Morgan fingerprint density at radius 3 is 2.46 bits per heavy atom. The maximum atomic E-state index is 11.2. The molecule has 2 N–H and O–H groups in total. The molecule has 0 atom stereocenters. The first-order chi connectivity index (χ1) is 6.15. The fourth-order valence-corrected chi connectivity index (χ4v) is 1.31. The van der Waals surface area contributed by atoms with Crippen LogP contribution in [0.3, 0.4) is 0 Å². The van der Waals surface area contributed by atoms with Crippen LogP contribution in [-0.4, -0.2) is 19.5 Å². The van der Waals surface area contributed by atoms with E-state index in [1.165, 1.54) is 0 Å². The molecule has 0 aliphatic rings. The molecule has 3 nitrogen and oxygen atoms in total. The summed E-state index contributed by atoms with van der Waals surface area (Å²) >= 11 is 2.22. The standard InChI is InChI=1S/C9H11IN2O/c1-12(9(13)6-11)8-4-2-7(10)3-5-8/h2-5H,6,11H2,1H3. The summed E-state index contributed by atoms with van der Waals surface area (Å²) in [4.78, 5) is 12.7. The summed E-state index contributed by atoms with van der Waals surface area (Å²) in [5.41, 5.74) is 6.12. The Morgan fingerprint density at radius 1 is 1.46 bits per heavy atom. The molecule has 0 aliphatic heterocycles. The van der Waals surface area contributed by atoms with Crippen molar-refractivity contribution in [3.63, 3.8) is 0 Å². The summed E-state index contributed by atoms with van der Waals surface area (Å²) in [6.07, 6.45) is 0. The molecule has 0 bridgehead atoms. The van der Waals surface area contributed by atoms with Crippen LogP contribution in [0.1, 0.15) is 0 Å². The fraction of sp³-hybridized carbons (Fsp3) is 0.222. The van der Waals surface area contributed by atoms with E-state index in [0.717, 1.165) is 9.26 Å². The van der Waals surface area contributed by atoms with E-state index in [9.17, 15) is 4.79 Å². The number of carbonyl (C=O) groups excluding carboxylic acids is 1. The number of likely N-dealkylation sites (N-methyl/N-ethyl adjacent to an activating group) is 1. The molecule has 1 rings (SSSR count). The van der Waals surface area contributed by atoms with Gasteiger partial charge in [-0.15, -0.1) is 0 Å². The highest BCUT2D eigenvalue weighted by Crippen LogP contribution is 2.14. The van der Waals surface area contributed by atoms with Crippen molar-refractivity contribution in [1.82, 2.24) is 0 Å². The first-order valence-corrected chi connectivity index (χ1v) is 4.95. The van der Waals surface area contributed by atoms with E-state index in [2.05, 4.69) is 22.6 Å². The first kappa shape index (κ1) is 10.5. The molecular weight excluding hydrogens is 279 g/mol. The van der Waals surface area contributed by atoms with Crippen molar-refractivity contribution >= 4 is 34.2 Å². The van der Waals surface area contributed by atoms with Crippen molar-refractivity contribution in [2.24, 2.45) is 5.73 Å². The van der Waals surface area contributed by atoms with Gasteiger partial charge in [0.1, 0.15) is 0 Å². The number of benzene rings is 1. The van der Waals surface area contributed by atoms with Crippen molar-refractivity contribution in [2.45, 2.75) is 0 Å². The normalized spacial score (nSPS) is 9.77. The summed E-state index contributed by atoms with van der Waals surface area (Å²) in [6, 6.07) is 7.71. The molecule has 0 heterocycles. The molecule has 0 unspecified atom stereocenters. The predicted octanol–water partition coefficient (Wildman–Crippen LogP) is 1.21. The fourth-order valence-electron chi connectivity index (χ4n) is 0.946. The van der Waals surface area contributed by atoms with Gasteiger partial charge in [-0.05, 0) is 46.9 Å². The van der Waals surface area contributed by atoms with Gasteiger partial charge in [0.2, 0.25) is 5.91 Å². The van der Waals surface area contributed by atoms with Crippen LogP contribution < -0.4 is 10.6 Å². The van der Waals surface area contributed by atoms with E-state index in [1.54, 1.807) is 11.9 Å². The number of amides is 1. The summed E-state index contributed by atoms with van der Waals surface area (Å²) in [5, 5.41) is 0. The lowest BCUT2D eigenvalue weighted by Gasteiger charge is -2.15. The monoisotopic (exact) mass is 290 g/mol. The maximum absolute atomic E-state index is 11.2. The van der Waals surface area contributed by atoms with Crippen molar-refractivity contribution in [2.75, 3.05) is 18.5 Å². The Bertz CT molecular complexity index is 297. The molecule has 1 amide bonds. The molecule has 0 saturated heterocycles. The van der Waals surface area contributed by atoms with E-state index in [-0.39, 0.29) is 12.5 Å². The van der Waals surface area contributed by atoms with Gasteiger partial charge >= 0.3 is 0 Å². The Balaban J connectivity index is 2.83. The average Bonchev–Trinajstić information content (AvgIpc) is 2.17. The third kappa shape index (κ3) is 2.67. The van der Waals surface area contributed by atoms with Crippen LogP contribution in [0.5, 0.6) is 0 Å². The van der Waals surface area contributed by atoms with Gasteiger partial charge in [0, 0.05) is 16.3 Å². The average molecular weight is 290 g/mol. The van der Waals surface area contributed by atoms with Crippen LogP contribution >= 0.6 is 22.6 Å². The second-order valence-corrected chi connectivity index (χ2v) is 3.88. The number of hydrogen-bond acceptors (Lipinski definition) is 2. The quantitative estimate of drug-likeness (QED) is 0.832. The molecule has 0 aromatic heterocycles. The lowest BCUT2D eigenvalue weighted by atomic mass is 10.3. The molecule has 0 saturated carbocycles. The summed E-state index contributed by atoms with van der Waals surface area (Å²) in [7, 11) is 1.72.